The molecule has 21 heavy (non-hydrogen) atoms. The van der Waals surface area contributed by atoms with Gasteiger partial charge in [-0.1, -0.05) is 31.6 Å². The quantitative estimate of drug-likeness (QED) is 0.789. The van der Waals surface area contributed by atoms with Crippen LogP contribution in [0.2, 0.25) is 0 Å². The molecule has 2 rings (SSSR count). The fraction of sp³-hybridized carbons (Fsp3) is 0.467. The van der Waals surface area contributed by atoms with Crippen LogP contribution in [0, 0.1) is 5.92 Å². The number of thioether (sulfide) groups is 1. The SMILES string of the molecule is CCC(C)CSC(C)C(=O)Nc1nc2ccc(N)cc2s1. The summed E-state index contributed by atoms with van der Waals surface area (Å²) >= 11 is 3.14. The van der Waals surface area contributed by atoms with Crippen molar-refractivity contribution >= 4 is 50.0 Å². The summed E-state index contributed by atoms with van der Waals surface area (Å²) in [6.45, 7) is 6.31. The van der Waals surface area contributed by atoms with Crippen LogP contribution in [0.15, 0.2) is 18.2 Å². The Morgan fingerprint density at radius 3 is 2.95 bits per heavy atom. The van der Waals surface area contributed by atoms with Crippen LogP contribution in [0.25, 0.3) is 10.2 Å². The van der Waals surface area contributed by atoms with Gasteiger partial charge in [-0.05, 0) is 36.8 Å². The summed E-state index contributed by atoms with van der Waals surface area (Å²) in [5.74, 6) is 1.65. The van der Waals surface area contributed by atoms with Gasteiger partial charge in [0.2, 0.25) is 5.91 Å². The van der Waals surface area contributed by atoms with Crippen molar-refractivity contribution in [3.05, 3.63) is 18.2 Å². The van der Waals surface area contributed by atoms with E-state index in [0.717, 1.165) is 22.4 Å². The lowest BCUT2D eigenvalue weighted by atomic mass is 10.2. The molecule has 0 radical (unpaired) electrons. The second-order valence-corrected chi connectivity index (χ2v) is 7.63. The minimum atomic E-state index is -0.0731. The molecule has 3 N–H and O–H groups in total. The monoisotopic (exact) mass is 323 g/mol. The maximum atomic E-state index is 12.2. The third kappa shape index (κ3) is 4.35. The molecule has 0 aliphatic carbocycles. The average Bonchev–Trinajstić information content (AvgIpc) is 2.85. The molecule has 0 aliphatic heterocycles. The molecule has 1 aromatic carbocycles. The van der Waals surface area contributed by atoms with E-state index >= 15 is 0 Å². The average molecular weight is 323 g/mol. The first-order valence-electron chi connectivity index (χ1n) is 7.08. The van der Waals surface area contributed by atoms with Crippen molar-refractivity contribution in [1.29, 1.82) is 0 Å². The predicted molar refractivity (Wildman–Crippen MR) is 94.0 cm³/mol. The number of nitrogens with two attached hydrogens (primary N) is 1. The summed E-state index contributed by atoms with van der Waals surface area (Å²) < 4.78 is 0.991. The first-order chi connectivity index (χ1) is 9.99. The number of carbonyl (C=O) groups excluding carboxylic acids is 1. The largest absolute Gasteiger partial charge is 0.399 e. The van der Waals surface area contributed by atoms with Gasteiger partial charge in [0, 0.05) is 5.69 Å². The van der Waals surface area contributed by atoms with Crippen LogP contribution in [0.5, 0.6) is 0 Å². The molecule has 0 fully saturated rings. The molecule has 0 bridgehead atoms. The van der Waals surface area contributed by atoms with Gasteiger partial charge in [-0.3, -0.25) is 4.79 Å². The first kappa shape index (κ1) is 16.1. The summed E-state index contributed by atoms with van der Waals surface area (Å²) in [6.07, 6.45) is 1.14. The smallest absolute Gasteiger partial charge is 0.238 e. The number of amides is 1. The number of benzene rings is 1. The Morgan fingerprint density at radius 2 is 2.24 bits per heavy atom. The van der Waals surface area contributed by atoms with Crippen LogP contribution >= 0.6 is 23.1 Å². The van der Waals surface area contributed by atoms with Gasteiger partial charge >= 0.3 is 0 Å². The van der Waals surface area contributed by atoms with Gasteiger partial charge < -0.3 is 11.1 Å². The molecule has 6 heteroatoms. The molecule has 1 amide bonds. The molecule has 1 heterocycles. The number of nitrogen functional groups attached to an aromatic ring is 1. The Hall–Kier alpha value is -1.27. The van der Waals surface area contributed by atoms with E-state index < -0.39 is 0 Å². The molecule has 2 atom stereocenters. The lowest BCUT2D eigenvalue weighted by Gasteiger charge is -2.13. The fourth-order valence-corrected chi connectivity index (χ4v) is 3.68. The maximum absolute atomic E-state index is 12.2. The minimum absolute atomic E-state index is 0.00957. The Bertz CT molecular complexity index is 626. The Morgan fingerprint density at radius 1 is 1.48 bits per heavy atom. The molecule has 2 aromatic rings. The van der Waals surface area contributed by atoms with Gasteiger partial charge in [0.05, 0.1) is 15.5 Å². The highest BCUT2D eigenvalue weighted by molar-refractivity contribution is 8.00. The van der Waals surface area contributed by atoms with Crippen molar-refractivity contribution in [3.8, 4) is 0 Å². The van der Waals surface area contributed by atoms with E-state index in [0.29, 0.717) is 16.7 Å². The Labute approximate surface area is 133 Å². The third-order valence-corrected chi connectivity index (χ3v) is 5.75. The van der Waals surface area contributed by atoms with E-state index in [2.05, 4.69) is 24.1 Å². The second kappa shape index (κ2) is 7.13. The van der Waals surface area contributed by atoms with Crippen molar-refractivity contribution in [2.75, 3.05) is 16.8 Å². The van der Waals surface area contributed by atoms with E-state index in [1.165, 1.54) is 11.3 Å². The highest BCUT2D eigenvalue weighted by atomic mass is 32.2. The lowest BCUT2D eigenvalue weighted by molar-refractivity contribution is -0.115. The van der Waals surface area contributed by atoms with E-state index in [1.54, 1.807) is 11.8 Å². The van der Waals surface area contributed by atoms with Gasteiger partial charge in [0.25, 0.3) is 0 Å². The predicted octanol–water partition coefficient (Wildman–Crippen LogP) is 3.98. The van der Waals surface area contributed by atoms with E-state index in [1.807, 2.05) is 25.1 Å². The normalized spacial score (nSPS) is 14.0. The molecule has 0 saturated carbocycles. The van der Waals surface area contributed by atoms with Gasteiger partial charge in [-0.2, -0.15) is 0 Å². The van der Waals surface area contributed by atoms with E-state index in [-0.39, 0.29) is 11.2 Å². The first-order valence-corrected chi connectivity index (χ1v) is 8.94. The van der Waals surface area contributed by atoms with Crippen LogP contribution in [-0.4, -0.2) is 21.9 Å². The van der Waals surface area contributed by atoms with Crippen molar-refractivity contribution in [1.82, 2.24) is 4.98 Å². The molecule has 0 spiro atoms. The summed E-state index contributed by atoms with van der Waals surface area (Å²) in [5.41, 5.74) is 7.33. The van der Waals surface area contributed by atoms with Crippen LogP contribution in [0.3, 0.4) is 0 Å². The zero-order valence-electron chi connectivity index (χ0n) is 12.6. The second-order valence-electron chi connectivity index (χ2n) is 5.22. The topological polar surface area (TPSA) is 68.0 Å². The summed E-state index contributed by atoms with van der Waals surface area (Å²) in [5, 5.41) is 3.46. The van der Waals surface area contributed by atoms with Gasteiger partial charge in [0.1, 0.15) is 0 Å². The van der Waals surface area contributed by atoms with Gasteiger partial charge in [-0.25, -0.2) is 4.98 Å². The molecular weight excluding hydrogens is 302 g/mol. The van der Waals surface area contributed by atoms with Gasteiger partial charge in [-0.15, -0.1) is 11.8 Å². The number of nitrogens with zero attached hydrogens (tertiary/aromatic N) is 1. The number of hydrogen-bond acceptors (Lipinski definition) is 5. The summed E-state index contributed by atoms with van der Waals surface area (Å²) in [6, 6.07) is 5.57. The number of thiazole rings is 1. The molecule has 0 aliphatic rings. The third-order valence-electron chi connectivity index (χ3n) is 3.34. The van der Waals surface area contributed by atoms with Crippen molar-refractivity contribution in [2.24, 2.45) is 5.92 Å². The number of rotatable bonds is 6. The number of hydrogen-bond donors (Lipinski definition) is 2. The molecule has 0 saturated heterocycles. The lowest BCUT2D eigenvalue weighted by Crippen LogP contribution is -2.23. The Kier molecular flexibility index (Phi) is 5.47. The highest BCUT2D eigenvalue weighted by Gasteiger charge is 2.16. The van der Waals surface area contributed by atoms with Crippen LogP contribution < -0.4 is 11.1 Å². The van der Waals surface area contributed by atoms with Crippen LogP contribution in [-0.2, 0) is 4.79 Å². The zero-order valence-corrected chi connectivity index (χ0v) is 14.2. The number of anilines is 2. The number of aromatic nitrogens is 1. The van der Waals surface area contributed by atoms with Crippen LogP contribution in [0.4, 0.5) is 10.8 Å². The zero-order chi connectivity index (χ0) is 15.4. The highest BCUT2D eigenvalue weighted by Crippen LogP contribution is 2.28. The molecule has 4 nitrogen and oxygen atoms in total. The van der Waals surface area contributed by atoms with Crippen LogP contribution in [0.1, 0.15) is 27.2 Å². The fourth-order valence-electron chi connectivity index (χ4n) is 1.70. The van der Waals surface area contributed by atoms with E-state index in [9.17, 15) is 4.79 Å². The van der Waals surface area contributed by atoms with E-state index in [4.69, 9.17) is 5.73 Å². The number of fused-ring (bicyclic) bond motifs is 1. The number of nitrogens with one attached hydrogen (secondary N) is 1. The maximum Gasteiger partial charge on any atom is 0.238 e. The minimum Gasteiger partial charge on any atom is -0.399 e. The molecular formula is C15H21N3OS2. The summed E-state index contributed by atoms with van der Waals surface area (Å²) in [4.78, 5) is 16.6. The summed E-state index contributed by atoms with van der Waals surface area (Å²) in [7, 11) is 0. The van der Waals surface area contributed by atoms with Gasteiger partial charge in [0.15, 0.2) is 5.13 Å². The number of carbonyl (C=O) groups is 1. The molecule has 114 valence electrons. The van der Waals surface area contributed by atoms with Crippen molar-refractivity contribution in [3.63, 3.8) is 0 Å². The Balaban J connectivity index is 1.97. The molecule has 1 aromatic heterocycles. The standard InChI is InChI=1S/C15H21N3OS2/c1-4-9(2)8-20-10(3)14(19)18-15-17-12-6-5-11(16)7-13(12)21-15/h5-7,9-10H,4,8,16H2,1-3H3,(H,17,18,19). The van der Waals surface area contributed by atoms with Crippen molar-refractivity contribution < 1.29 is 4.79 Å². The van der Waals surface area contributed by atoms with Crippen molar-refractivity contribution in [2.45, 2.75) is 32.4 Å². The molecule has 2 unspecified atom stereocenters.